The van der Waals surface area contributed by atoms with E-state index in [0.717, 1.165) is 18.5 Å². The fraction of sp³-hybridized carbons (Fsp3) is 0.583. The Morgan fingerprint density at radius 3 is 2.50 bits per heavy atom. The molecule has 1 N–H and O–H groups in total. The second-order valence-corrected chi connectivity index (χ2v) is 4.90. The number of nitrogens with zero attached hydrogens (tertiary/aromatic N) is 3. The molecule has 0 radical (unpaired) electrons. The van der Waals surface area contributed by atoms with Gasteiger partial charge in [0.25, 0.3) is 5.91 Å². The van der Waals surface area contributed by atoms with Crippen LogP contribution in [-0.4, -0.2) is 40.6 Å². The molecule has 1 saturated carbocycles. The van der Waals surface area contributed by atoms with Crippen LogP contribution in [0.3, 0.4) is 0 Å². The Balaban J connectivity index is 2.31. The first kappa shape index (κ1) is 12.6. The standard InChI is InChI=1S/C12H18N4O2/c1-7-9(13-11(17)8-5-6-8)10(14-16(7)4)12(18)15(2)3/h8H,5-6H2,1-4H3,(H,13,17). The Hall–Kier alpha value is -1.85. The molecule has 2 amide bonds. The first-order chi connectivity index (χ1) is 8.41. The maximum atomic E-state index is 12.0. The summed E-state index contributed by atoms with van der Waals surface area (Å²) in [6, 6.07) is 0. The smallest absolute Gasteiger partial charge is 0.276 e. The Labute approximate surface area is 106 Å². The van der Waals surface area contributed by atoms with Gasteiger partial charge in [-0.15, -0.1) is 0 Å². The maximum Gasteiger partial charge on any atom is 0.276 e. The third kappa shape index (κ3) is 2.23. The number of aromatic nitrogens is 2. The van der Waals surface area contributed by atoms with Crippen molar-refractivity contribution in [3.8, 4) is 0 Å². The highest BCUT2D eigenvalue weighted by molar-refractivity contribution is 6.03. The third-order valence-electron chi connectivity index (χ3n) is 3.14. The predicted octanol–water partition coefficient (Wildman–Crippen LogP) is 0.779. The molecule has 1 aliphatic rings. The van der Waals surface area contributed by atoms with E-state index < -0.39 is 0 Å². The van der Waals surface area contributed by atoms with Crippen molar-refractivity contribution in [1.29, 1.82) is 0 Å². The van der Waals surface area contributed by atoms with Gasteiger partial charge in [-0.1, -0.05) is 0 Å². The van der Waals surface area contributed by atoms with E-state index >= 15 is 0 Å². The molecule has 18 heavy (non-hydrogen) atoms. The predicted molar refractivity (Wildman–Crippen MR) is 67.3 cm³/mol. The molecule has 0 aromatic carbocycles. The molecule has 6 heteroatoms. The van der Waals surface area contributed by atoms with Crippen LogP contribution >= 0.6 is 0 Å². The molecule has 0 unspecified atom stereocenters. The van der Waals surface area contributed by atoms with Gasteiger partial charge in [-0.25, -0.2) is 0 Å². The SMILES string of the molecule is Cc1c(NC(=O)C2CC2)c(C(=O)N(C)C)nn1C. The molecular weight excluding hydrogens is 232 g/mol. The number of amides is 2. The lowest BCUT2D eigenvalue weighted by molar-refractivity contribution is -0.117. The average molecular weight is 250 g/mol. The topological polar surface area (TPSA) is 67.2 Å². The first-order valence-corrected chi connectivity index (χ1v) is 5.98. The van der Waals surface area contributed by atoms with Crippen LogP contribution in [0.15, 0.2) is 0 Å². The summed E-state index contributed by atoms with van der Waals surface area (Å²) in [5, 5.41) is 7.00. The summed E-state index contributed by atoms with van der Waals surface area (Å²) < 4.78 is 1.61. The summed E-state index contributed by atoms with van der Waals surface area (Å²) in [5.74, 6) is -0.115. The van der Waals surface area contributed by atoms with E-state index in [1.807, 2.05) is 6.92 Å². The van der Waals surface area contributed by atoms with Crippen LogP contribution in [0, 0.1) is 12.8 Å². The van der Waals surface area contributed by atoms with Crippen LogP contribution in [-0.2, 0) is 11.8 Å². The van der Waals surface area contributed by atoms with E-state index in [1.165, 1.54) is 4.90 Å². The largest absolute Gasteiger partial charge is 0.343 e. The Kier molecular flexibility index (Phi) is 3.11. The molecule has 6 nitrogen and oxygen atoms in total. The van der Waals surface area contributed by atoms with Crippen LogP contribution in [0.25, 0.3) is 0 Å². The molecule has 0 saturated heterocycles. The fourth-order valence-electron chi connectivity index (χ4n) is 1.69. The molecule has 0 spiro atoms. The van der Waals surface area contributed by atoms with Gasteiger partial charge in [0, 0.05) is 27.1 Å². The minimum Gasteiger partial charge on any atom is -0.343 e. The van der Waals surface area contributed by atoms with Crippen LogP contribution in [0.5, 0.6) is 0 Å². The fourth-order valence-corrected chi connectivity index (χ4v) is 1.69. The van der Waals surface area contributed by atoms with E-state index in [9.17, 15) is 9.59 Å². The zero-order valence-corrected chi connectivity index (χ0v) is 11.1. The van der Waals surface area contributed by atoms with Gasteiger partial charge in [-0.2, -0.15) is 5.10 Å². The van der Waals surface area contributed by atoms with E-state index in [1.54, 1.807) is 25.8 Å². The van der Waals surface area contributed by atoms with E-state index in [4.69, 9.17) is 0 Å². The lowest BCUT2D eigenvalue weighted by atomic mass is 10.2. The van der Waals surface area contributed by atoms with Crippen molar-refractivity contribution in [1.82, 2.24) is 14.7 Å². The highest BCUT2D eigenvalue weighted by Gasteiger charge is 2.32. The van der Waals surface area contributed by atoms with Crippen molar-refractivity contribution in [2.75, 3.05) is 19.4 Å². The minimum atomic E-state index is -0.204. The number of anilines is 1. The molecular formula is C12H18N4O2. The lowest BCUT2D eigenvalue weighted by Crippen LogP contribution is -2.24. The molecule has 1 aromatic rings. The van der Waals surface area contributed by atoms with Crippen LogP contribution in [0.2, 0.25) is 0 Å². The molecule has 1 aromatic heterocycles. The van der Waals surface area contributed by atoms with Gasteiger partial charge < -0.3 is 10.2 Å². The van der Waals surface area contributed by atoms with Gasteiger partial charge in [-0.05, 0) is 19.8 Å². The molecule has 98 valence electrons. The number of hydrogen-bond donors (Lipinski definition) is 1. The summed E-state index contributed by atoms with van der Waals surface area (Å²) in [7, 11) is 5.09. The number of hydrogen-bond acceptors (Lipinski definition) is 3. The summed E-state index contributed by atoms with van der Waals surface area (Å²) in [5.41, 5.74) is 1.62. The van der Waals surface area contributed by atoms with Gasteiger partial charge in [0.2, 0.25) is 5.91 Å². The second-order valence-electron chi connectivity index (χ2n) is 4.90. The van der Waals surface area contributed by atoms with E-state index in [0.29, 0.717) is 11.4 Å². The second kappa shape index (κ2) is 4.44. The van der Waals surface area contributed by atoms with Crippen LogP contribution < -0.4 is 5.32 Å². The van der Waals surface area contributed by atoms with Gasteiger partial charge in [0.1, 0.15) is 0 Å². The maximum absolute atomic E-state index is 12.0. The van der Waals surface area contributed by atoms with Gasteiger partial charge in [0.15, 0.2) is 5.69 Å². The average Bonchev–Trinajstić information content (AvgIpc) is 3.11. The quantitative estimate of drug-likeness (QED) is 0.862. The van der Waals surface area contributed by atoms with Crippen LogP contribution in [0.1, 0.15) is 29.0 Å². The number of aryl methyl sites for hydroxylation is 1. The van der Waals surface area contributed by atoms with Gasteiger partial charge in [0.05, 0.1) is 11.4 Å². The van der Waals surface area contributed by atoms with Crippen molar-refractivity contribution >= 4 is 17.5 Å². The van der Waals surface area contributed by atoms with Gasteiger partial charge in [-0.3, -0.25) is 14.3 Å². The zero-order chi connectivity index (χ0) is 13.4. The highest BCUT2D eigenvalue weighted by atomic mass is 16.2. The lowest BCUT2D eigenvalue weighted by Gasteiger charge is -2.10. The Morgan fingerprint density at radius 2 is 2.00 bits per heavy atom. The Bertz CT molecular complexity index is 500. The van der Waals surface area contributed by atoms with Gasteiger partial charge >= 0.3 is 0 Å². The number of carbonyl (C=O) groups excluding carboxylic acids is 2. The summed E-state index contributed by atoms with van der Waals surface area (Å²) in [6.07, 6.45) is 1.87. The highest BCUT2D eigenvalue weighted by Crippen LogP contribution is 2.31. The molecule has 1 fully saturated rings. The van der Waals surface area contributed by atoms with Crippen molar-refractivity contribution in [3.63, 3.8) is 0 Å². The zero-order valence-electron chi connectivity index (χ0n) is 11.1. The van der Waals surface area contributed by atoms with Crippen LogP contribution in [0.4, 0.5) is 5.69 Å². The molecule has 1 heterocycles. The normalized spacial score (nSPS) is 14.4. The van der Waals surface area contributed by atoms with E-state index in [2.05, 4.69) is 10.4 Å². The summed E-state index contributed by atoms with van der Waals surface area (Å²) in [6.45, 7) is 1.84. The third-order valence-corrected chi connectivity index (χ3v) is 3.14. The molecule has 0 bridgehead atoms. The van der Waals surface area contributed by atoms with Crippen molar-refractivity contribution in [2.24, 2.45) is 13.0 Å². The van der Waals surface area contributed by atoms with Crippen molar-refractivity contribution in [3.05, 3.63) is 11.4 Å². The number of carbonyl (C=O) groups is 2. The molecule has 0 atom stereocenters. The monoisotopic (exact) mass is 250 g/mol. The molecule has 0 aliphatic heterocycles. The first-order valence-electron chi connectivity index (χ1n) is 5.98. The summed E-state index contributed by atoms with van der Waals surface area (Å²) >= 11 is 0. The molecule has 1 aliphatic carbocycles. The minimum absolute atomic E-state index is 0.0149. The van der Waals surface area contributed by atoms with Crippen molar-refractivity contribution in [2.45, 2.75) is 19.8 Å². The number of rotatable bonds is 3. The van der Waals surface area contributed by atoms with Crippen molar-refractivity contribution < 1.29 is 9.59 Å². The van der Waals surface area contributed by atoms with E-state index in [-0.39, 0.29) is 17.7 Å². The Morgan fingerprint density at radius 1 is 1.39 bits per heavy atom. The summed E-state index contributed by atoms with van der Waals surface area (Å²) in [4.78, 5) is 25.3. The molecule has 2 rings (SSSR count). The number of nitrogens with one attached hydrogen (secondary N) is 1.